The second kappa shape index (κ2) is 8.99. The molecule has 0 heterocycles. The third-order valence-corrected chi connectivity index (χ3v) is 0. The number of hydrogen-bond acceptors (Lipinski definition) is 4. The first-order valence-corrected chi connectivity index (χ1v) is 2.55. The molecule has 0 saturated carbocycles. The highest BCUT2D eigenvalue weighted by Crippen LogP contribution is 1.33. The van der Waals surface area contributed by atoms with E-state index in [0.717, 1.165) is 0 Å². The zero-order chi connectivity index (χ0) is 3.58. The first-order chi connectivity index (χ1) is 1.73. The standard InChI is InChI=1S/CH4.H3N.HO2S2/c;;1-4(2)3/h1H4;1H3;(H,1,2,3)/q;;-1. The molecule has 0 aromatic heterocycles. The Balaban J connectivity index is -0.0000000450. The molecule has 0 aromatic rings. The van der Waals surface area contributed by atoms with Gasteiger partial charge in [-0.3, -0.25) is 0 Å². The van der Waals surface area contributed by atoms with Crippen LogP contribution in [0.1, 0.15) is 7.43 Å². The van der Waals surface area contributed by atoms with Gasteiger partial charge in [0.25, 0.3) is 0 Å². The molecule has 42 valence electrons. The van der Waals surface area contributed by atoms with Gasteiger partial charge in [0, 0.05) is 0 Å². The summed E-state index contributed by atoms with van der Waals surface area (Å²) in [5.41, 5.74) is 0. The summed E-state index contributed by atoms with van der Waals surface area (Å²) in [4.78, 5) is 0. The van der Waals surface area contributed by atoms with E-state index >= 15 is 0 Å². The second-order valence-electron chi connectivity index (χ2n) is 0.217. The Morgan fingerprint density at radius 1 is 1.67 bits per heavy atom. The average Bonchev–Trinajstić information content (AvgIpc) is 0.811. The zero-order valence-corrected chi connectivity index (χ0v) is 4.01. The Bertz CT molecular complexity index is 59.9. The van der Waals surface area contributed by atoms with Gasteiger partial charge in [0.1, 0.15) is 0 Å². The summed E-state index contributed by atoms with van der Waals surface area (Å²) in [6.07, 6.45) is 0. The van der Waals surface area contributed by atoms with Gasteiger partial charge in [0.05, 0.1) is 0 Å². The van der Waals surface area contributed by atoms with Crippen molar-refractivity contribution in [1.82, 2.24) is 6.15 Å². The SMILES string of the molecule is C.N.O=[S-](O)=S. The van der Waals surface area contributed by atoms with Crippen LogP contribution in [0.4, 0.5) is 0 Å². The van der Waals surface area contributed by atoms with Crippen LogP contribution in [0.5, 0.6) is 0 Å². The maximum atomic E-state index is 8.93. The molecule has 0 aromatic carbocycles. The summed E-state index contributed by atoms with van der Waals surface area (Å²) < 4.78 is 16.3. The molecule has 0 atom stereocenters. The van der Waals surface area contributed by atoms with Crippen molar-refractivity contribution in [2.45, 2.75) is 7.43 Å². The van der Waals surface area contributed by atoms with Crippen molar-refractivity contribution in [2.75, 3.05) is 0 Å². The van der Waals surface area contributed by atoms with Gasteiger partial charge in [0.2, 0.25) is 0 Å². The highest BCUT2D eigenvalue weighted by molar-refractivity contribution is 8.18. The van der Waals surface area contributed by atoms with E-state index in [4.69, 9.17) is 8.76 Å². The molecule has 0 spiro atoms. The van der Waals surface area contributed by atoms with Crippen LogP contribution < -0.4 is 6.15 Å². The summed E-state index contributed by atoms with van der Waals surface area (Å²) in [5, 5.41) is 0. The Morgan fingerprint density at radius 3 is 1.67 bits per heavy atom. The molecule has 0 saturated heterocycles. The molecule has 3 nitrogen and oxygen atoms in total. The lowest BCUT2D eigenvalue weighted by Gasteiger charge is -1.66. The van der Waals surface area contributed by atoms with Gasteiger partial charge in [-0.25, -0.2) is 11.2 Å². The topological polar surface area (TPSA) is 72.3 Å². The Kier molecular flexibility index (Phi) is 24.4. The molecule has 0 unspecified atom stereocenters. The Hall–Kier alpha value is 0.290. The van der Waals surface area contributed by atoms with E-state index < -0.39 is 9.64 Å². The smallest absolute Gasteiger partial charge is 0.0776 e. The second-order valence-corrected chi connectivity index (χ2v) is 1.51. The normalized spacial score (nSPS) is 5.67. The number of hydrogen-bond donors (Lipinski definition) is 2. The lowest BCUT2D eigenvalue weighted by molar-refractivity contribution is 0.536. The minimum atomic E-state index is -2.03. The van der Waals surface area contributed by atoms with Gasteiger partial charge >= 0.3 is 0 Å². The van der Waals surface area contributed by atoms with Crippen LogP contribution >= 0.6 is 0 Å². The van der Waals surface area contributed by atoms with Crippen molar-refractivity contribution in [3.8, 4) is 0 Å². The Morgan fingerprint density at radius 2 is 1.67 bits per heavy atom. The fourth-order valence-electron chi connectivity index (χ4n) is 0. The van der Waals surface area contributed by atoms with Crippen LogP contribution in [-0.2, 0) is 25.0 Å². The fourth-order valence-corrected chi connectivity index (χ4v) is 0. The van der Waals surface area contributed by atoms with Crippen LogP contribution in [0, 0.1) is 0 Å². The first-order valence-electron chi connectivity index (χ1n) is 0.516. The molecule has 0 bridgehead atoms. The molecular weight excluding hydrogens is 122 g/mol. The molecule has 0 aliphatic rings. The zero-order valence-electron chi connectivity index (χ0n) is 2.38. The maximum absolute atomic E-state index is 8.93. The van der Waals surface area contributed by atoms with E-state index in [0.29, 0.717) is 0 Å². The van der Waals surface area contributed by atoms with Crippen LogP contribution in [0.3, 0.4) is 0 Å². The van der Waals surface area contributed by atoms with Crippen molar-refractivity contribution >= 4 is 20.8 Å². The molecular formula is CH8NO2S2-. The molecule has 5 heteroatoms. The fraction of sp³-hybridized carbons (Fsp3) is 1.00. The predicted octanol–water partition coefficient (Wildman–Crippen LogP) is 0.683. The molecule has 0 rings (SSSR count). The predicted molar refractivity (Wildman–Crippen MR) is 29.8 cm³/mol. The van der Waals surface area contributed by atoms with Crippen molar-refractivity contribution in [1.29, 1.82) is 0 Å². The van der Waals surface area contributed by atoms with E-state index in [1.807, 2.05) is 0 Å². The quantitative estimate of drug-likeness (QED) is 0.373. The van der Waals surface area contributed by atoms with Gasteiger partial charge in [-0.05, 0) is 0 Å². The maximum Gasteiger partial charge on any atom is -0.0776 e. The summed E-state index contributed by atoms with van der Waals surface area (Å²) >= 11 is 3.65. The lowest BCUT2D eigenvalue weighted by atomic mass is 12.0. The number of rotatable bonds is 0. The average molecular weight is 130 g/mol. The summed E-state index contributed by atoms with van der Waals surface area (Å²) in [6.45, 7) is 0. The third-order valence-electron chi connectivity index (χ3n) is 0. The molecule has 0 amide bonds. The third kappa shape index (κ3) is 552. The van der Waals surface area contributed by atoms with E-state index in [9.17, 15) is 0 Å². The summed E-state index contributed by atoms with van der Waals surface area (Å²) in [5.74, 6) is 0. The monoisotopic (exact) mass is 130 g/mol. The van der Waals surface area contributed by atoms with Gasteiger partial charge < -0.3 is 14.9 Å². The molecule has 0 fully saturated rings. The van der Waals surface area contributed by atoms with E-state index in [1.165, 1.54) is 0 Å². The van der Waals surface area contributed by atoms with Crippen LogP contribution in [0.25, 0.3) is 0 Å². The minimum Gasteiger partial charge on any atom is -0.459 e. The molecule has 0 radical (unpaired) electrons. The first kappa shape index (κ1) is 16.3. The largest absolute Gasteiger partial charge is 0.459 e. The van der Waals surface area contributed by atoms with Crippen LogP contribution in [-0.4, -0.2) is 4.55 Å². The van der Waals surface area contributed by atoms with Crippen LogP contribution in [0.15, 0.2) is 0 Å². The van der Waals surface area contributed by atoms with E-state index in [1.54, 1.807) is 0 Å². The van der Waals surface area contributed by atoms with Gasteiger partial charge in [-0.15, -0.1) is 0 Å². The van der Waals surface area contributed by atoms with Crippen molar-refractivity contribution < 1.29 is 8.76 Å². The van der Waals surface area contributed by atoms with Gasteiger partial charge in [-0.2, -0.15) is 0 Å². The minimum absolute atomic E-state index is 0. The van der Waals surface area contributed by atoms with E-state index in [-0.39, 0.29) is 13.6 Å². The lowest BCUT2D eigenvalue weighted by Crippen LogP contribution is -1.51. The molecule has 0 aliphatic carbocycles. The molecule has 6 heavy (non-hydrogen) atoms. The molecule has 4 N–H and O–H groups in total. The highest BCUT2D eigenvalue weighted by atomic mass is 32.8. The highest BCUT2D eigenvalue weighted by Gasteiger charge is 1.19. The van der Waals surface area contributed by atoms with E-state index in [2.05, 4.69) is 11.2 Å². The van der Waals surface area contributed by atoms with Gasteiger partial charge in [-0.1, -0.05) is 17.1 Å². The summed E-state index contributed by atoms with van der Waals surface area (Å²) in [7, 11) is -2.03. The molecule has 0 aliphatic heterocycles. The van der Waals surface area contributed by atoms with Crippen molar-refractivity contribution in [3.05, 3.63) is 0 Å². The van der Waals surface area contributed by atoms with Crippen molar-refractivity contribution in [2.24, 2.45) is 0 Å². The van der Waals surface area contributed by atoms with Crippen LogP contribution in [0.2, 0.25) is 0 Å². The van der Waals surface area contributed by atoms with Gasteiger partial charge in [0.15, 0.2) is 0 Å². The summed E-state index contributed by atoms with van der Waals surface area (Å²) in [6, 6.07) is 0. The van der Waals surface area contributed by atoms with Crippen molar-refractivity contribution in [3.63, 3.8) is 0 Å². The Labute approximate surface area is 43.9 Å².